The Hall–Kier alpha value is -1.55. The number of aryl methyl sites for hydroxylation is 1. The van der Waals surface area contributed by atoms with Crippen molar-refractivity contribution >= 4 is 5.91 Å². The normalized spacial score (nSPS) is 11.2. The maximum Gasteiger partial charge on any atom is 0.260 e. The van der Waals surface area contributed by atoms with Crippen molar-refractivity contribution in [2.24, 2.45) is 0 Å². The molecule has 1 amide bonds. The van der Waals surface area contributed by atoms with Gasteiger partial charge >= 0.3 is 0 Å². The highest BCUT2D eigenvalue weighted by Gasteiger charge is 2.21. The average Bonchev–Trinajstić information content (AvgIpc) is 2.41. The molecular weight excluding hydrogens is 254 g/mol. The summed E-state index contributed by atoms with van der Waals surface area (Å²) < 4.78 is 5.49. The molecule has 1 aromatic rings. The predicted octanol–water partition coefficient (Wildman–Crippen LogP) is 2.25. The number of rotatable bonds is 7. The van der Waals surface area contributed by atoms with E-state index in [4.69, 9.17) is 4.74 Å². The number of hydrogen-bond acceptors (Lipinski definition) is 3. The highest BCUT2D eigenvalue weighted by molar-refractivity contribution is 5.77. The number of carbonyl (C=O) groups is 1. The van der Waals surface area contributed by atoms with Gasteiger partial charge in [-0.3, -0.25) is 4.79 Å². The van der Waals surface area contributed by atoms with Crippen molar-refractivity contribution in [3.63, 3.8) is 0 Å². The highest BCUT2D eigenvalue weighted by atomic mass is 16.5. The summed E-state index contributed by atoms with van der Waals surface area (Å²) in [6.45, 7) is 8.21. The van der Waals surface area contributed by atoms with Crippen molar-refractivity contribution in [1.82, 2.24) is 4.90 Å². The van der Waals surface area contributed by atoms with Crippen LogP contribution >= 0.6 is 0 Å². The quantitative estimate of drug-likeness (QED) is 0.833. The fraction of sp³-hybridized carbons (Fsp3) is 0.562. The lowest BCUT2D eigenvalue weighted by Gasteiger charge is -2.28. The molecule has 4 heteroatoms. The fourth-order valence-electron chi connectivity index (χ4n) is 1.90. The first-order valence-electron chi connectivity index (χ1n) is 7.07. The lowest BCUT2D eigenvalue weighted by atomic mass is 10.1. The first-order valence-corrected chi connectivity index (χ1v) is 7.07. The molecule has 0 spiro atoms. The van der Waals surface area contributed by atoms with Gasteiger partial charge in [-0.05, 0) is 44.9 Å². The Kier molecular flexibility index (Phi) is 6.02. The first-order chi connectivity index (χ1) is 9.35. The van der Waals surface area contributed by atoms with Crippen molar-refractivity contribution in [1.29, 1.82) is 0 Å². The smallest absolute Gasteiger partial charge is 0.260 e. The summed E-state index contributed by atoms with van der Waals surface area (Å²) in [6, 6.07) is 7.74. The van der Waals surface area contributed by atoms with Crippen LogP contribution in [-0.2, 0) is 11.2 Å². The summed E-state index contributed by atoms with van der Waals surface area (Å²) in [7, 11) is 0. The third-order valence-electron chi connectivity index (χ3n) is 3.01. The zero-order valence-corrected chi connectivity index (χ0v) is 12.8. The molecule has 0 aliphatic rings. The molecule has 0 aliphatic carbocycles. The number of likely N-dealkylation sites (N-methyl/N-ethyl adjacent to an activating group) is 1. The van der Waals surface area contributed by atoms with Crippen LogP contribution in [0.4, 0.5) is 0 Å². The number of benzene rings is 1. The molecule has 1 aromatic carbocycles. The van der Waals surface area contributed by atoms with Gasteiger partial charge in [-0.2, -0.15) is 0 Å². The third kappa shape index (κ3) is 5.61. The maximum absolute atomic E-state index is 12.0. The predicted molar refractivity (Wildman–Crippen MR) is 79.9 cm³/mol. The van der Waals surface area contributed by atoms with Crippen LogP contribution in [0.2, 0.25) is 0 Å². The molecule has 0 unspecified atom stereocenters. The van der Waals surface area contributed by atoms with E-state index in [9.17, 15) is 9.90 Å². The van der Waals surface area contributed by atoms with E-state index in [0.29, 0.717) is 18.8 Å². The summed E-state index contributed by atoms with van der Waals surface area (Å²) >= 11 is 0. The van der Waals surface area contributed by atoms with E-state index in [1.54, 1.807) is 18.7 Å². The summed E-state index contributed by atoms with van der Waals surface area (Å²) in [5, 5.41) is 9.78. The molecule has 0 fully saturated rings. The van der Waals surface area contributed by atoms with Crippen LogP contribution in [-0.4, -0.2) is 41.2 Å². The van der Waals surface area contributed by atoms with E-state index < -0.39 is 5.60 Å². The molecule has 1 N–H and O–H groups in total. The number of aliphatic hydroxyl groups is 1. The topological polar surface area (TPSA) is 49.8 Å². The van der Waals surface area contributed by atoms with Gasteiger partial charge in [0.2, 0.25) is 0 Å². The maximum atomic E-state index is 12.0. The fourth-order valence-corrected chi connectivity index (χ4v) is 1.90. The monoisotopic (exact) mass is 279 g/mol. The van der Waals surface area contributed by atoms with Gasteiger partial charge < -0.3 is 14.7 Å². The lowest BCUT2D eigenvalue weighted by Crippen LogP contribution is -2.44. The van der Waals surface area contributed by atoms with Crippen LogP contribution in [0.15, 0.2) is 24.3 Å². The second-order valence-corrected chi connectivity index (χ2v) is 5.51. The van der Waals surface area contributed by atoms with E-state index in [2.05, 4.69) is 6.92 Å². The Balaban J connectivity index is 2.52. The Morgan fingerprint density at radius 1 is 1.25 bits per heavy atom. The number of nitrogens with zero attached hydrogens (tertiary/aromatic N) is 1. The standard InChI is InChI=1S/C16H25NO3/c1-5-13-7-9-14(10-8-13)20-11-15(18)17(6-2)12-16(3,4)19/h7-10,19H,5-6,11-12H2,1-4H3. The number of ether oxygens (including phenoxy) is 1. The SMILES string of the molecule is CCc1ccc(OCC(=O)N(CC)CC(C)(C)O)cc1. The molecule has 4 nitrogen and oxygen atoms in total. The Morgan fingerprint density at radius 3 is 2.30 bits per heavy atom. The summed E-state index contributed by atoms with van der Waals surface area (Å²) in [6.07, 6.45) is 0.981. The molecule has 0 bridgehead atoms. The molecule has 0 atom stereocenters. The lowest BCUT2D eigenvalue weighted by molar-refractivity contribution is -0.136. The van der Waals surface area contributed by atoms with Crippen LogP contribution < -0.4 is 4.74 Å². The van der Waals surface area contributed by atoms with Gasteiger partial charge in [-0.25, -0.2) is 0 Å². The van der Waals surface area contributed by atoms with Crippen LogP contribution in [0.1, 0.15) is 33.3 Å². The summed E-state index contributed by atoms with van der Waals surface area (Å²) in [4.78, 5) is 13.6. The second kappa shape index (κ2) is 7.29. The van der Waals surface area contributed by atoms with Gasteiger partial charge in [0.25, 0.3) is 5.91 Å². The molecule has 0 aromatic heterocycles. The molecule has 0 aliphatic heterocycles. The zero-order chi connectivity index (χ0) is 15.2. The van der Waals surface area contributed by atoms with Gasteiger partial charge in [0.1, 0.15) is 5.75 Å². The van der Waals surface area contributed by atoms with Crippen LogP contribution in [0.25, 0.3) is 0 Å². The number of amides is 1. The number of hydrogen-bond donors (Lipinski definition) is 1. The molecule has 0 radical (unpaired) electrons. The molecule has 0 heterocycles. The van der Waals surface area contributed by atoms with Crippen molar-refractivity contribution in [2.75, 3.05) is 19.7 Å². The average molecular weight is 279 g/mol. The minimum absolute atomic E-state index is 0.00457. The van der Waals surface area contributed by atoms with Crippen LogP contribution in [0.5, 0.6) is 5.75 Å². The Labute approximate surface area is 121 Å². The van der Waals surface area contributed by atoms with Gasteiger partial charge in [0, 0.05) is 13.1 Å². The molecular formula is C16H25NO3. The van der Waals surface area contributed by atoms with E-state index in [-0.39, 0.29) is 12.5 Å². The Morgan fingerprint density at radius 2 is 1.85 bits per heavy atom. The van der Waals surface area contributed by atoms with Crippen molar-refractivity contribution in [2.45, 2.75) is 39.7 Å². The summed E-state index contributed by atoms with van der Waals surface area (Å²) in [5.74, 6) is 0.573. The minimum atomic E-state index is -0.894. The van der Waals surface area contributed by atoms with Crippen molar-refractivity contribution in [3.8, 4) is 5.75 Å². The van der Waals surface area contributed by atoms with Crippen LogP contribution in [0, 0.1) is 0 Å². The van der Waals surface area contributed by atoms with Crippen LogP contribution in [0.3, 0.4) is 0 Å². The highest BCUT2D eigenvalue weighted by Crippen LogP contribution is 2.13. The van der Waals surface area contributed by atoms with E-state index >= 15 is 0 Å². The Bertz CT molecular complexity index is 420. The minimum Gasteiger partial charge on any atom is -0.484 e. The first kappa shape index (κ1) is 16.5. The molecule has 112 valence electrons. The van der Waals surface area contributed by atoms with Gasteiger partial charge in [-0.1, -0.05) is 19.1 Å². The van der Waals surface area contributed by atoms with E-state index in [0.717, 1.165) is 6.42 Å². The second-order valence-electron chi connectivity index (χ2n) is 5.51. The molecule has 20 heavy (non-hydrogen) atoms. The van der Waals surface area contributed by atoms with Crippen molar-refractivity contribution < 1.29 is 14.6 Å². The van der Waals surface area contributed by atoms with Gasteiger partial charge in [-0.15, -0.1) is 0 Å². The largest absolute Gasteiger partial charge is 0.484 e. The number of carbonyl (C=O) groups excluding carboxylic acids is 1. The zero-order valence-electron chi connectivity index (χ0n) is 12.8. The molecule has 1 rings (SSSR count). The summed E-state index contributed by atoms with van der Waals surface area (Å²) in [5.41, 5.74) is 0.343. The van der Waals surface area contributed by atoms with Gasteiger partial charge in [0.05, 0.1) is 5.60 Å². The third-order valence-corrected chi connectivity index (χ3v) is 3.01. The van der Waals surface area contributed by atoms with Gasteiger partial charge in [0.15, 0.2) is 6.61 Å². The van der Waals surface area contributed by atoms with E-state index in [1.807, 2.05) is 31.2 Å². The molecule has 0 saturated carbocycles. The molecule has 0 saturated heterocycles. The van der Waals surface area contributed by atoms with Crippen molar-refractivity contribution in [3.05, 3.63) is 29.8 Å². The van der Waals surface area contributed by atoms with E-state index in [1.165, 1.54) is 5.56 Å².